The number of nitrogens with zero attached hydrogens (tertiary/aromatic N) is 2. The molecule has 0 aromatic rings. The number of hydrogen-bond acceptors (Lipinski definition) is 5. The van der Waals surface area contributed by atoms with Crippen molar-refractivity contribution in [1.82, 2.24) is 10.2 Å². The third-order valence-corrected chi connectivity index (χ3v) is 3.81. The van der Waals surface area contributed by atoms with E-state index in [1.807, 2.05) is 6.92 Å². The Labute approximate surface area is 145 Å². The number of nitrogens with one attached hydrogen (secondary N) is 1. The van der Waals surface area contributed by atoms with Crippen molar-refractivity contribution in [2.75, 3.05) is 59.7 Å². The minimum atomic E-state index is -0.146. The summed E-state index contributed by atoms with van der Waals surface area (Å²) in [7, 11) is 1.68. The molecule has 0 aliphatic carbocycles. The van der Waals surface area contributed by atoms with E-state index in [2.05, 4.69) is 22.1 Å². The zero-order valence-corrected chi connectivity index (χ0v) is 15.4. The topological polar surface area (TPSA) is 72.4 Å². The van der Waals surface area contributed by atoms with Gasteiger partial charge in [-0.15, -0.1) is 0 Å². The number of rotatable bonds is 11. The minimum Gasteiger partial charge on any atom is -0.466 e. The van der Waals surface area contributed by atoms with E-state index in [1.165, 1.54) is 0 Å². The summed E-state index contributed by atoms with van der Waals surface area (Å²) in [5.41, 5.74) is 0. The molecule has 0 radical (unpaired) electrons. The molecule has 1 unspecified atom stereocenters. The molecule has 1 atom stereocenters. The van der Waals surface area contributed by atoms with Crippen LogP contribution in [0, 0.1) is 5.92 Å². The Balaban J connectivity index is 2.33. The lowest BCUT2D eigenvalue weighted by molar-refractivity contribution is -0.143. The fourth-order valence-electron chi connectivity index (χ4n) is 2.62. The number of aliphatic imine (C=N–C) groups is 1. The molecule has 1 rings (SSSR count). The van der Waals surface area contributed by atoms with Crippen LogP contribution >= 0.6 is 0 Å². The molecule has 0 spiro atoms. The van der Waals surface area contributed by atoms with E-state index >= 15 is 0 Å². The second-order valence-corrected chi connectivity index (χ2v) is 5.81. The lowest BCUT2D eigenvalue weighted by Crippen LogP contribution is -2.40. The SMILES string of the molecule is CCNC(=NCCCC(=O)OCC)N1CCC(COCCOC)C1. The Bertz CT molecular complexity index is 377. The molecule has 0 bridgehead atoms. The predicted octanol–water partition coefficient (Wildman–Crippen LogP) is 1.28. The van der Waals surface area contributed by atoms with Crippen LogP contribution in [-0.2, 0) is 19.0 Å². The van der Waals surface area contributed by atoms with Crippen LogP contribution in [0.1, 0.15) is 33.1 Å². The average Bonchev–Trinajstić information content (AvgIpc) is 3.03. The summed E-state index contributed by atoms with van der Waals surface area (Å²) in [6.07, 6.45) is 2.25. The van der Waals surface area contributed by atoms with E-state index in [0.29, 0.717) is 45.1 Å². The van der Waals surface area contributed by atoms with Crippen LogP contribution < -0.4 is 5.32 Å². The molecule has 7 heteroatoms. The summed E-state index contributed by atoms with van der Waals surface area (Å²) >= 11 is 0. The summed E-state index contributed by atoms with van der Waals surface area (Å²) < 4.78 is 15.5. The first kappa shape index (κ1) is 20.7. The molecule has 1 fully saturated rings. The zero-order chi connectivity index (χ0) is 17.6. The van der Waals surface area contributed by atoms with Gasteiger partial charge in [0.1, 0.15) is 0 Å². The van der Waals surface area contributed by atoms with Crippen LogP contribution in [0.2, 0.25) is 0 Å². The van der Waals surface area contributed by atoms with E-state index in [4.69, 9.17) is 14.2 Å². The molecule has 7 nitrogen and oxygen atoms in total. The van der Waals surface area contributed by atoms with Gasteiger partial charge in [-0.05, 0) is 26.7 Å². The van der Waals surface area contributed by atoms with Crippen molar-refractivity contribution in [1.29, 1.82) is 0 Å². The molecular weight excluding hydrogens is 310 g/mol. The molecule has 1 N–H and O–H groups in total. The normalized spacial score (nSPS) is 18.0. The molecular formula is C17H33N3O4. The third-order valence-electron chi connectivity index (χ3n) is 3.81. The van der Waals surface area contributed by atoms with Gasteiger partial charge >= 0.3 is 5.97 Å². The first-order valence-electron chi connectivity index (χ1n) is 8.96. The van der Waals surface area contributed by atoms with Gasteiger partial charge in [0, 0.05) is 45.6 Å². The fourth-order valence-corrected chi connectivity index (χ4v) is 2.62. The quantitative estimate of drug-likeness (QED) is 0.264. The lowest BCUT2D eigenvalue weighted by atomic mass is 10.1. The number of ether oxygens (including phenoxy) is 3. The number of carbonyl (C=O) groups excluding carboxylic acids is 1. The van der Waals surface area contributed by atoms with Crippen LogP contribution in [0.4, 0.5) is 0 Å². The van der Waals surface area contributed by atoms with Crippen LogP contribution in [0.25, 0.3) is 0 Å². The van der Waals surface area contributed by atoms with E-state index in [9.17, 15) is 4.79 Å². The van der Waals surface area contributed by atoms with Crippen LogP contribution in [0.5, 0.6) is 0 Å². The van der Waals surface area contributed by atoms with Crippen molar-refractivity contribution >= 4 is 11.9 Å². The number of guanidine groups is 1. The van der Waals surface area contributed by atoms with Gasteiger partial charge in [-0.1, -0.05) is 0 Å². The minimum absolute atomic E-state index is 0.146. The first-order valence-corrected chi connectivity index (χ1v) is 8.96. The second kappa shape index (κ2) is 13.0. The highest BCUT2D eigenvalue weighted by Gasteiger charge is 2.24. The Hall–Kier alpha value is -1.34. The highest BCUT2D eigenvalue weighted by molar-refractivity contribution is 5.80. The van der Waals surface area contributed by atoms with Crippen molar-refractivity contribution < 1.29 is 19.0 Å². The van der Waals surface area contributed by atoms with Crippen LogP contribution in [-0.4, -0.2) is 76.5 Å². The molecule has 0 amide bonds. The molecule has 1 heterocycles. The number of hydrogen-bond donors (Lipinski definition) is 1. The standard InChI is InChI=1S/C17H33N3O4/c1-4-18-17(19-9-6-7-16(21)24-5-2)20-10-8-15(13-20)14-23-12-11-22-3/h15H,4-14H2,1-3H3,(H,18,19). The van der Waals surface area contributed by atoms with Crippen molar-refractivity contribution in [2.24, 2.45) is 10.9 Å². The molecule has 1 aliphatic heterocycles. The summed E-state index contributed by atoms with van der Waals surface area (Å²) in [6.45, 7) is 9.79. The number of carbonyl (C=O) groups is 1. The Morgan fingerprint density at radius 1 is 1.33 bits per heavy atom. The van der Waals surface area contributed by atoms with Gasteiger partial charge in [0.2, 0.25) is 0 Å². The fraction of sp³-hybridized carbons (Fsp3) is 0.882. The smallest absolute Gasteiger partial charge is 0.305 e. The number of likely N-dealkylation sites (tertiary alicyclic amines) is 1. The zero-order valence-electron chi connectivity index (χ0n) is 15.4. The average molecular weight is 343 g/mol. The van der Waals surface area contributed by atoms with E-state index in [0.717, 1.165) is 38.6 Å². The van der Waals surface area contributed by atoms with Gasteiger partial charge in [-0.25, -0.2) is 0 Å². The van der Waals surface area contributed by atoms with Crippen LogP contribution in [0.15, 0.2) is 4.99 Å². The van der Waals surface area contributed by atoms with Crippen LogP contribution in [0.3, 0.4) is 0 Å². The third kappa shape index (κ3) is 8.49. The van der Waals surface area contributed by atoms with Gasteiger partial charge in [0.25, 0.3) is 0 Å². The summed E-state index contributed by atoms with van der Waals surface area (Å²) in [5, 5.41) is 3.33. The predicted molar refractivity (Wildman–Crippen MR) is 94.2 cm³/mol. The molecule has 0 aromatic heterocycles. The Morgan fingerprint density at radius 2 is 2.17 bits per heavy atom. The van der Waals surface area contributed by atoms with Gasteiger partial charge < -0.3 is 24.4 Å². The van der Waals surface area contributed by atoms with E-state index in [1.54, 1.807) is 7.11 Å². The van der Waals surface area contributed by atoms with Gasteiger partial charge in [-0.3, -0.25) is 9.79 Å². The van der Waals surface area contributed by atoms with Crippen molar-refractivity contribution in [3.8, 4) is 0 Å². The molecule has 1 aliphatic rings. The molecule has 24 heavy (non-hydrogen) atoms. The van der Waals surface area contributed by atoms with E-state index < -0.39 is 0 Å². The summed E-state index contributed by atoms with van der Waals surface area (Å²) in [5.74, 6) is 1.32. The largest absolute Gasteiger partial charge is 0.466 e. The molecule has 0 saturated carbocycles. The summed E-state index contributed by atoms with van der Waals surface area (Å²) in [4.78, 5) is 18.3. The number of methoxy groups -OCH3 is 1. The van der Waals surface area contributed by atoms with E-state index in [-0.39, 0.29) is 5.97 Å². The molecule has 140 valence electrons. The first-order chi connectivity index (χ1) is 11.7. The summed E-state index contributed by atoms with van der Waals surface area (Å²) in [6, 6.07) is 0. The molecule has 0 aromatic carbocycles. The lowest BCUT2D eigenvalue weighted by Gasteiger charge is -2.21. The van der Waals surface area contributed by atoms with Crippen molar-refractivity contribution in [3.05, 3.63) is 0 Å². The van der Waals surface area contributed by atoms with Gasteiger partial charge in [0.05, 0.1) is 26.4 Å². The maximum atomic E-state index is 11.3. The maximum Gasteiger partial charge on any atom is 0.305 e. The van der Waals surface area contributed by atoms with Crippen molar-refractivity contribution in [3.63, 3.8) is 0 Å². The monoisotopic (exact) mass is 343 g/mol. The Kier molecular flexibility index (Phi) is 11.2. The van der Waals surface area contributed by atoms with Crippen molar-refractivity contribution in [2.45, 2.75) is 33.1 Å². The Morgan fingerprint density at radius 3 is 2.88 bits per heavy atom. The highest BCUT2D eigenvalue weighted by atomic mass is 16.5. The second-order valence-electron chi connectivity index (χ2n) is 5.81. The van der Waals surface area contributed by atoms with Gasteiger partial charge in [-0.2, -0.15) is 0 Å². The molecule has 1 saturated heterocycles. The maximum absolute atomic E-state index is 11.3. The highest BCUT2D eigenvalue weighted by Crippen LogP contribution is 2.16. The number of esters is 1. The van der Waals surface area contributed by atoms with Gasteiger partial charge in [0.15, 0.2) is 5.96 Å².